The lowest BCUT2D eigenvalue weighted by molar-refractivity contribution is -0.0288. The third-order valence-electron chi connectivity index (χ3n) is 1.01. The molecule has 0 aromatic carbocycles. The van der Waals surface area contributed by atoms with Gasteiger partial charge in [0, 0.05) is 6.42 Å². The van der Waals surface area contributed by atoms with Crippen molar-refractivity contribution in [2.24, 2.45) is 0 Å². The zero-order valence-corrected chi connectivity index (χ0v) is 7.01. The molecular weight excluding hydrogens is 140 g/mol. The van der Waals surface area contributed by atoms with E-state index in [1.807, 2.05) is 6.92 Å². The fourth-order valence-electron chi connectivity index (χ4n) is 0.550. The first-order valence-corrected chi connectivity index (χ1v) is 3.68. The molecule has 0 spiro atoms. The maximum absolute atomic E-state index is 5.17. The minimum Gasteiger partial charge on any atom is -0.341 e. The van der Waals surface area contributed by atoms with E-state index in [0.29, 0.717) is 19.5 Å². The summed E-state index contributed by atoms with van der Waals surface area (Å²) in [5.41, 5.74) is 0. The van der Waals surface area contributed by atoms with E-state index in [9.17, 15) is 0 Å². The molecule has 0 saturated heterocycles. The van der Waals surface area contributed by atoms with E-state index in [-0.39, 0.29) is 0 Å². The Morgan fingerprint density at radius 1 is 1.18 bits per heavy atom. The Labute approximate surface area is 68.5 Å². The maximum atomic E-state index is 5.17. The molecule has 0 saturated carbocycles. The van der Waals surface area contributed by atoms with Gasteiger partial charge in [0.15, 0.2) is 0 Å². The van der Waals surface area contributed by atoms with Gasteiger partial charge in [-0.05, 0) is 0 Å². The van der Waals surface area contributed by atoms with Crippen molar-refractivity contribution in [3.8, 4) is 0 Å². The quantitative estimate of drug-likeness (QED) is 0.525. The summed E-state index contributed by atoms with van der Waals surface area (Å²) in [5.74, 6) is 0. The molecule has 0 atom stereocenters. The Morgan fingerprint density at radius 2 is 1.64 bits per heavy atom. The van der Waals surface area contributed by atoms with Crippen molar-refractivity contribution < 1.29 is 9.47 Å². The highest BCUT2D eigenvalue weighted by Crippen LogP contribution is 2.08. The lowest BCUT2D eigenvalue weighted by Gasteiger charge is -2.11. The van der Waals surface area contributed by atoms with Gasteiger partial charge in [-0.25, -0.2) is 0 Å². The van der Waals surface area contributed by atoms with E-state index < -0.39 is 0 Å². The van der Waals surface area contributed by atoms with Crippen LogP contribution in [0.1, 0.15) is 13.3 Å². The number of hydrogen-bond acceptors (Lipinski definition) is 2. The van der Waals surface area contributed by atoms with Crippen LogP contribution in [-0.4, -0.2) is 13.2 Å². The van der Waals surface area contributed by atoms with Gasteiger partial charge in [-0.1, -0.05) is 19.1 Å². The van der Waals surface area contributed by atoms with Gasteiger partial charge >= 0.3 is 0 Å². The van der Waals surface area contributed by atoms with Gasteiger partial charge in [0.1, 0.15) is 0 Å². The van der Waals surface area contributed by atoms with E-state index >= 15 is 0 Å². The van der Waals surface area contributed by atoms with Crippen LogP contribution >= 0.6 is 0 Å². The lowest BCUT2D eigenvalue weighted by atomic mass is 10.5. The highest BCUT2D eigenvalue weighted by atomic mass is 16.7. The highest BCUT2D eigenvalue weighted by Gasteiger charge is 2.05. The molecule has 0 N–H and O–H groups in total. The molecule has 1 radical (unpaired) electrons. The second-order valence-electron chi connectivity index (χ2n) is 1.92. The van der Waals surface area contributed by atoms with Crippen LogP contribution in [-0.2, 0) is 9.47 Å². The molecular formula is C9H15O2. The van der Waals surface area contributed by atoms with Crippen molar-refractivity contribution in [1.82, 2.24) is 0 Å². The van der Waals surface area contributed by atoms with Gasteiger partial charge in [-0.3, -0.25) is 0 Å². The average molecular weight is 155 g/mol. The summed E-state index contributed by atoms with van der Waals surface area (Å²) in [6.45, 7) is 10.0. The number of hydrogen-bond donors (Lipinski definition) is 0. The summed E-state index contributed by atoms with van der Waals surface area (Å²) >= 11 is 0. The van der Waals surface area contributed by atoms with Crippen LogP contribution in [0.5, 0.6) is 0 Å². The van der Waals surface area contributed by atoms with Crippen molar-refractivity contribution in [3.63, 3.8) is 0 Å². The van der Waals surface area contributed by atoms with E-state index in [1.165, 1.54) is 0 Å². The van der Waals surface area contributed by atoms with E-state index in [1.54, 1.807) is 12.2 Å². The predicted molar refractivity (Wildman–Crippen MR) is 45.8 cm³/mol. The zero-order chi connectivity index (χ0) is 8.53. The summed E-state index contributed by atoms with van der Waals surface area (Å²) < 4.78 is 10.3. The van der Waals surface area contributed by atoms with Gasteiger partial charge in [0.05, 0.1) is 13.2 Å². The zero-order valence-electron chi connectivity index (χ0n) is 7.01. The van der Waals surface area contributed by atoms with E-state index in [4.69, 9.17) is 9.47 Å². The van der Waals surface area contributed by atoms with Crippen LogP contribution in [0.3, 0.4) is 0 Å². The molecule has 0 bridgehead atoms. The third-order valence-corrected chi connectivity index (χ3v) is 1.01. The molecule has 0 aliphatic rings. The van der Waals surface area contributed by atoms with Crippen LogP contribution in [0, 0.1) is 6.29 Å². The molecule has 2 heteroatoms. The van der Waals surface area contributed by atoms with E-state index in [0.717, 1.165) is 6.42 Å². The van der Waals surface area contributed by atoms with Gasteiger partial charge in [0.25, 0.3) is 0 Å². The SMILES string of the molecule is C=CCO[C](CC)OCC=C. The molecule has 0 amide bonds. The lowest BCUT2D eigenvalue weighted by Crippen LogP contribution is -2.07. The largest absolute Gasteiger partial charge is 0.341 e. The molecule has 0 unspecified atom stereocenters. The monoisotopic (exact) mass is 155 g/mol. The predicted octanol–water partition coefficient (Wildman–Crippen LogP) is 2.29. The Balaban J connectivity index is 3.39. The molecule has 63 valence electrons. The molecule has 0 aromatic rings. The van der Waals surface area contributed by atoms with Crippen LogP contribution in [0.4, 0.5) is 0 Å². The van der Waals surface area contributed by atoms with Crippen LogP contribution < -0.4 is 0 Å². The molecule has 2 nitrogen and oxygen atoms in total. The smallest absolute Gasteiger partial charge is 0.224 e. The van der Waals surface area contributed by atoms with E-state index in [2.05, 4.69) is 13.2 Å². The Kier molecular flexibility index (Phi) is 7.10. The first-order valence-electron chi connectivity index (χ1n) is 3.68. The number of rotatable bonds is 7. The highest BCUT2D eigenvalue weighted by molar-refractivity contribution is 4.73. The number of ether oxygens (including phenoxy) is 2. The summed E-state index contributed by atoms with van der Waals surface area (Å²) in [6.07, 6.45) is 4.78. The molecule has 0 rings (SSSR count). The minimum atomic E-state index is 0.500. The van der Waals surface area contributed by atoms with Gasteiger partial charge in [-0.2, -0.15) is 0 Å². The summed E-state index contributed by atoms with van der Waals surface area (Å²) in [6, 6.07) is 0. The molecule has 0 aliphatic carbocycles. The molecule has 0 aromatic heterocycles. The van der Waals surface area contributed by atoms with Crippen LogP contribution in [0.25, 0.3) is 0 Å². The topological polar surface area (TPSA) is 18.5 Å². The first kappa shape index (κ1) is 10.4. The Bertz CT molecular complexity index is 98.1. The molecule has 0 fully saturated rings. The first-order chi connectivity index (χ1) is 5.35. The Morgan fingerprint density at radius 3 is 1.91 bits per heavy atom. The fraction of sp³-hybridized carbons (Fsp3) is 0.444. The van der Waals surface area contributed by atoms with Gasteiger partial charge in [0.2, 0.25) is 6.29 Å². The standard InChI is InChI=1S/C9H15O2/c1-4-7-10-9(6-3)11-8-5-2/h4-5H,1-2,6-8H2,3H3. The summed E-state index contributed by atoms with van der Waals surface area (Å²) in [4.78, 5) is 0. The van der Waals surface area contributed by atoms with Crippen molar-refractivity contribution in [2.45, 2.75) is 13.3 Å². The second-order valence-corrected chi connectivity index (χ2v) is 1.92. The minimum absolute atomic E-state index is 0.500. The second kappa shape index (κ2) is 7.51. The van der Waals surface area contributed by atoms with Gasteiger partial charge in [-0.15, -0.1) is 13.2 Å². The third kappa shape index (κ3) is 5.83. The van der Waals surface area contributed by atoms with Crippen molar-refractivity contribution in [3.05, 3.63) is 31.6 Å². The van der Waals surface area contributed by atoms with Crippen LogP contribution in [0.15, 0.2) is 25.3 Å². The molecule has 0 heterocycles. The van der Waals surface area contributed by atoms with Crippen molar-refractivity contribution >= 4 is 0 Å². The van der Waals surface area contributed by atoms with Crippen molar-refractivity contribution in [1.29, 1.82) is 0 Å². The van der Waals surface area contributed by atoms with Gasteiger partial charge < -0.3 is 9.47 Å². The molecule has 0 aliphatic heterocycles. The Hall–Kier alpha value is -0.600. The fourth-order valence-corrected chi connectivity index (χ4v) is 0.550. The van der Waals surface area contributed by atoms with Crippen molar-refractivity contribution in [2.75, 3.05) is 13.2 Å². The average Bonchev–Trinajstić information content (AvgIpc) is 2.05. The molecule has 11 heavy (non-hydrogen) atoms. The van der Waals surface area contributed by atoms with Crippen LogP contribution in [0.2, 0.25) is 0 Å². The summed E-state index contributed by atoms with van der Waals surface area (Å²) in [5, 5.41) is 0. The maximum Gasteiger partial charge on any atom is 0.224 e. The normalized spacial score (nSPS) is 10.0. The summed E-state index contributed by atoms with van der Waals surface area (Å²) in [7, 11) is 0.